The Balaban J connectivity index is 1.54. The molecule has 31 heavy (non-hydrogen) atoms. The summed E-state index contributed by atoms with van der Waals surface area (Å²) < 4.78 is 16.5. The minimum absolute atomic E-state index is 0.164. The third kappa shape index (κ3) is 5.12. The van der Waals surface area contributed by atoms with Crippen molar-refractivity contribution in [3.8, 4) is 17.2 Å². The second kappa shape index (κ2) is 9.82. The van der Waals surface area contributed by atoms with Crippen LogP contribution in [0.1, 0.15) is 20.7 Å². The van der Waals surface area contributed by atoms with Crippen LogP contribution in [0.4, 0.5) is 0 Å². The van der Waals surface area contributed by atoms with Gasteiger partial charge in [-0.15, -0.1) is 5.10 Å². The second-order valence-corrected chi connectivity index (χ2v) is 5.92. The smallest absolute Gasteiger partial charge is 0.340 e. The molecule has 1 heterocycles. The number of nitrogens with zero attached hydrogens (tertiary/aromatic N) is 4. The van der Waals surface area contributed by atoms with E-state index in [0.29, 0.717) is 17.2 Å². The number of carbonyl (C=O) groups excluding carboxylic acids is 3. The molecule has 0 bridgehead atoms. The van der Waals surface area contributed by atoms with Crippen LogP contribution in [0.2, 0.25) is 0 Å². The van der Waals surface area contributed by atoms with Gasteiger partial charge in [0, 0.05) is 5.56 Å². The van der Waals surface area contributed by atoms with Crippen molar-refractivity contribution in [2.24, 2.45) is 0 Å². The Morgan fingerprint density at radius 3 is 2.48 bits per heavy atom. The molecule has 0 atom stereocenters. The lowest BCUT2D eigenvalue weighted by molar-refractivity contribution is -0.125. The molecule has 0 aliphatic carbocycles. The standard InChI is InChI=1S/C19H18N6O6/c1-29-15-8-7-12(9-16(15)30-2)18(27)22-21-17(26)10-31-19(28)13-5-3-4-6-14(13)25-11-20-23-24-25/h3-9,11H,10H2,1-2H3,(H,21,26)(H,22,27). The minimum atomic E-state index is -0.757. The summed E-state index contributed by atoms with van der Waals surface area (Å²) >= 11 is 0. The van der Waals surface area contributed by atoms with Crippen LogP contribution in [0.25, 0.3) is 5.69 Å². The first kappa shape index (κ1) is 21.2. The van der Waals surface area contributed by atoms with E-state index in [2.05, 4.69) is 26.4 Å². The van der Waals surface area contributed by atoms with E-state index in [1.54, 1.807) is 24.3 Å². The molecule has 0 saturated carbocycles. The summed E-state index contributed by atoms with van der Waals surface area (Å²) in [7, 11) is 2.91. The summed E-state index contributed by atoms with van der Waals surface area (Å²) in [6.07, 6.45) is 1.32. The number of amides is 2. The van der Waals surface area contributed by atoms with Crippen molar-refractivity contribution in [1.29, 1.82) is 0 Å². The van der Waals surface area contributed by atoms with Gasteiger partial charge in [0.1, 0.15) is 6.33 Å². The van der Waals surface area contributed by atoms with Crippen molar-refractivity contribution in [3.63, 3.8) is 0 Å². The van der Waals surface area contributed by atoms with Gasteiger partial charge in [-0.3, -0.25) is 20.4 Å². The fraction of sp³-hybridized carbons (Fsp3) is 0.158. The van der Waals surface area contributed by atoms with E-state index in [1.807, 2.05) is 0 Å². The zero-order chi connectivity index (χ0) is 22.2. The van der Waals surface area contributed by atoms with Crippen molar-refractivity contribution in [2.45, 2.75) is 0 Å². The number of carbonyl (C=O) groups is 3. The normalized spacial score (nSPS) is 10.1. The Morgan fingerprint density at radius 2 is 1.77 bits per heavy atom. The molecule has 0 aliphatic rings. The summed E-state index contributed by atoms with van der Waals surface area (Å²) in [5, 5.41) is 10.8. The Morgan fingerprint density at radius 1 is 1.00 bits per heavy atom. The SMILES string of the molecule is COc1ccc(C(=O)NNC(=O)COC(=O)c2ccccc2-n2cnnn2)cc1OC. The molecule has 12 heteroatoms. The highest BCUT2D eigenvalue weighted by atomic mass is 16.5. The summed E-state index contributed by atoms with van der Waals surface area (Å²) in [5.41, 5.74) is 5.18. The number of hydrogen-bond donors (Lipinski definition) is 2. The number of nitrogens with one attached hydrogen (secondary N) is 2. The quantitative estimate of drug-likeness (QED) is 0.402. The number of ether oxygens (including phenoxy) is 3. The molecule has 3 rings (SSSR count). The van der Waals surface area contributed by atoms with Gasteiger partial charge < -0.3 is 14.2 Å². The largest absolute Gasteiger partial charge is 0.493 e. The predicted octanol–water partition coefficient (Wildman–Crippen LogP) is 0.297. The van der Waals surface area contributed by atoms with Gasteiger partial charge in [-0.05, 0) is 40.8 Å². The summed E-state index contributed by atoms with van der Waals surface area (Å²) in [4.78, 5) is 36.5. The number of tetrazole rings is 1. The number of aromatic nitrogens is 4. The number of rotatable bonds is 7. The third-order valence-electron chi connectivity index (χ3n) is 4.02. The van der Waals surface area contributed by atoms with E-state index in [-0.39, 0.29) is 11.1 Å². The van der Waals surface area contributed by atoms with Gasteiger partial charge in [-0.25, -0.2) is 4.79 Å². The van der Waals surface area contributed by atoms with Crippen molar-refractivity contribution < 1.29 is 28.6 Å². The lowest BCUT2D eigenvalue weighted by Crippen LogP contribution is -2.43. The Bertz CT molecular complexity index is 1090. The lowest BCUT2D eigenvalue weighted by Gasteiger charge is -2.11. The van der Waals surface area contributed by atoms with Gasteiger partial charge >= 0.3 is 5.97 Å². The van der Waals surface area contributed by atoms with Crippen molar-refractivity contribution >= 4 is 17.8 Å². The van der Waals surface area contributed by atoms with Gasteiger partial charge in [0.15, 0.2) is 18.1 Å². The summed E-state index contributed by atoms with van der Waals surface area (Å²) in [6, 6.07) is 11.0. The number of esters is 1. The number of benzene rings is 2. The van der Waals surface area contributed by atoms with Crippen LogP contribution in [-0.4, -0.2) is 58.8 Å². The number of methoxy groups -OCH3 is 2. The molecule has 0 fully saturated rings. The highest BCUT2D eigenvalue weighted by Crippen LogP contribution is 2.27. The molecule has 0 aliphatic heterocycles. The topological polar surface area (TPSA) is 147 Å². The zero-order valence-corrected chi connectivity index (χ0v) is 16.6. The highest BCUT2D eigenvalue weighted by Gasteiger charge is 2.17. The van der Waals surface area contributed by atoms with Crippen LogP contribution in [0.3, 0.4) is 0 Å². The highest BCUT2D eigenvalue weighted by molar-refractivity contribution is 5.97. The molecular weight excluding hydrogens is 408 g/mol. The zero-order valence-electron chi connectivity index (χ0n) is 16.6. The molecule has 2 N–H and O–H groups in total. The fourth-order valence-electron chi connectivity index (χ4n) is 2.54. The van der Waals surface area contributed by atoms with Crippen LogP contribution in [0, 0.1) is 0 Å². The molecule has 0 spiro atoms. The van der Waals surface area contributed by atoms with Crippen molar-refractivity contribution in [2.75, 3.05) is 20.8 Å². The summed E-state index contributed by atoms with van der Waals surface area (Å²) in [6.45, 7) is -0.616. The maximum absolute atomic E-state index is 12.4. The van der Waals surface area contributed by atoms with Crippen LogP contribution in [-0.2, 0) is 9.53 Å². The number of hydrogen-bond acceptors (Lipinski definition) is 9. The monoisotopic (exact) mass is 426 g/mol. The molecule has 0 saturated heterocycles. The predicted molar refractivity (Wildman–Crippen MR) is 105 cm³/mol. The van der Waals surface area contributed by atoms with Gasteiger partial charge in [0.2, 0.25) is 0 Å². The average Bonchev–Trinajstić information content (AvgIpc) is 3.35. The van der Waals surface area contributed by atoms with Gasteiger partial charge in [0.25, 0.3) is 11.8 Å². The van der Waals surface area contributed by atoms with E-state index >= 15 is 0 Å². The van der Waals surface area contributed by atoms with Gasteiger partial charge in [-0.1, -0.05) is 12.1 Å². The molecule has 1 aromatic heterocycles. The molecule has 0 radical (unpaired) electrons. The van der Waals surface area contributed by atoms with Gasteiger partial charge in [0.05, 0.1) is 25.5 Å². The van der Waals surface area contributed by atoms with Crippen molar-refractivity contribution in [1.82, 2.24) is 31.1 Å². The molecular formula is C19H18N6O6. The molecule has 0 unspecified atom stereocenters. The van der Waals surface area contributed by atoms with E-state index in [1.165, 1.54) is 43.4 Å². The molecule has 3 aromatic rings. The number of hydrazine groups is 1. The second-order valence-electron chi connectivity index (χ2n) is 5.92. The molecule has 2 amide bonds. The fourth-order valence-corrected chi connectivity index (χ4v) is 2.54. The molecule has 160 valence electrons. The van der Waals surface area contributed by atoms with Crippen molar-refractivity contribution in [3.05, 3.63) is 59.9 Å². The molecule has 2 aromatic carbocycles. The minimum Gasteiger partial charge on any atom is -0.493 e. The van der Waals surface area contributed by atoms with E-state index in [0.717, 1.165) is 0 Å². The van der Waals surface area contributed by atoms with E-state index in [9.17, 15) is 14.4 Å². The van der Waals surface area contributed by atoms with E-state index in [4.69, 9.17) is 14.2 Å². The van der Waals surface area contributed by atoms with Crippen LogP contribution in [0.5, 0.6) is 11.5 Å². The van der Waals surface area contributed by atoms with Crippen LogP contribution >= 0.6 is 0 Å². The first-order chi connectivity index (χ1) is 15.0. The Hall–Kier alpha value is -4.48. The Kier molecular flexibility index (Phi) is 6.73. The maximum atomic E-state index is 12.4. The maximum Gasteiger partial charge on any atom is 0.340 e. The first-order valence-corrected chi connectivity index (χ1v) is 8.84. The lowest BCUT2D eigenvalue weighted by atomic mass is 10.2. The van der Waals surface area contributed by atoms with Crippen LogP contribution in [0.15, 0.2) is 48.8 Å². The van der Waals surface area contributed by atoms with Gasteiger partial charge in [-0.2, -0.15) is 4.68 Å². The Labute approximate surface area is 176 Å². The van der Waals surface area contributed by atoms with Crippen LogP contribution < -0.4 is 20.3 Å². The van der Waals surface area contributed by atoms with E-state index < -0.39 is 24.4 Å². The third-order valence-corrected chi connectivity index (χ3v) is 4.02. The average molecular weight is 426 g/mol. The number of para-hydroxylation sites is 1. The summed E-state index contributed by atoms with van der Waals surface area (Å²) in [5.74, 6) is -1.27. The first-order valence-electron chi connectivity index (χ1n) is 8.84. The molecule has 12 nitrogen and oxygen atoms in total.